The Morgan fingerprint density at radius 3 is 2.64 bits per heavy atom. The molecule has 33 heavy (non-hydrogen) atoms. The van der Waals surface area contributed by atoms with Gasteiger partial charge in [-0.25, -0.2) is 0 Å². The van der Waals surface area contributed by atoms with Gasteiger partial charge in [0.25, 0.3) is 0 Å². The number of nitrogens with zero attached hydrogens (tertiary/aromatic N) is 6. The highest BCUT2D eigenvalue weighted by atomic mass is 35.5. The van der Waals surface area contributed by atoms with Crippen molar-refractivity contribution in [1.29, 1.82) is 0 Å². The van der Waals surface area contributed by atoms with Gasteiger partial charge in [-0.2, -0.15) is 5.10 Å². The third kappa shape index (κ3) is 5.08. The van der Waals surface area contributed by atoms with Crippen molar-refractivity contribution in [3.8, 4) is 0 Å². The maximum atomic E-state index is 6.42. The van der Waals surface area contributed by atoms with Crippen molar-refractivity contribution in [2.24, 2.45) is 15.9 Å². The Hall–Kier alpha value is -2.42. The summed E-state index contributed by atoms with van der Waals surface area (Å²) in [6.07, 6.45) is 7.78. The van der Waals surface area contributed by atoms with E-state index < -0.39 is 0 Å². The predicted molar refractivity (Wildman–Crippen MR) is 131 cm³/mol. The average Bonchev–Trinajstić information content (AvgIpc) is 3.53. The molecule has 176 valence electrons. The molecule has 5 rings (SSSR count). The number of benzene rings is 1. The van der Waals surface area contributed by atoms with Gasteiger partial charge >= 0.3 is 0 Å². The second-order valence-corrected chi connectivity index (χ2v) is 9.72. The van der Waals surface area contributed by atoms with E-state index in [2.05, 4.69) is 44.2 Å². The van der Waals surface area contributed by atoms with Gasteiger partial charge in [0.1, 0.15) is 11.7 Å². The molecule has 1 aromatic carbocycles. The first-order valence-electron chi connectivity index (χ1n) is 11.8. The van der Waals surface area contributed by atoms with Crippen LogP contribution in [0.5, 0.6) is 0 Å². The van der Waals surface area contributed by atoms with E-state index in [-0.39, 0.29) is 12.1 Å². The number of ether oxygens (including phenoxy) is 1. The van der Waals surface area contributed by atoms with E-state index in [0.717, 1.165) is 56.4 Å². The normalized spacial score (nSPS) is 25.7. The highest BCUT2D eigenvalue weighted by molar-refractivity contribution is 6.30. The van der Waals surface area contributed by atoms with Crippen LogP contribution in [0.2, 0.25) is 5.02 Å². The molecular formula is C24H32ClN7O. The Labute approximate surface area is 200 Å². The van der Waals surface area contributed by atoms with Gasteiger partial charge in [0.2, 0.25) is 0 Å². The summed E-state index contributed by atoms with van der Waals surface area (Å²) in [6, 6.07) is 11.2. The van der Waals surface area contributed by atoms with Gasteiger partial charge in [0, 0.05) is 49.1 Å². The van der Waals surface area contributed by atoms with Gasteiger partial charge in [-0.3, -0.25) is 9.58 Å². The van der Waals surface area contributed by atoms with Crippen LogP contribution < -0.4 is 5.73 Å². The number of hydrogen-bond donors (Lipinski definition) is 1. The van der Waals surface area contributed by atoms with E-state index in [4.69, 9.17) is 22.1 Å². The maximum Gasteiger partial charge on any atom is 0.135 e. The Bertz CT molecular complexity index is 983. The maximum absolute atomic E-state index is 6.42. The molecule has 0 radical (unpaired) electrons. The fraction of sp³-hybridized carbons (Fsp3) is 0.542. The number of rotatable bonds is 5. The van der Waals surface area contributed by atoms with Crippen molar-refractivity contribution < 1.29 is 4.74 Å². The largest absolute Gasteiger partial charge is 0.385 e. The topological polar surface area (TPSA) is 84.3 Å². The SMILES string of the molecule is C[C@@H]([C@H]1CN(C2CCN(C3=NN=C(N)C3)CC2)[C@@H](Cc2ccc(Cl)cc2)CO1)n1cccn1. The quantitative estimate of drug-likeness (QED) is 0.727. The zero-order chi connectivity index (χ0) is 22.8. The molecule has 2 N–H and O–H groups in total. The number of piperidine rings is 1. The molecule has 3 aliphatic heterocycles. The monoisotopic (exact) mass is 469 g/mol. The average molecular weight is 470 g/mol. The molecular weight excluding hydrogens is 438 g/mol. The predicted octanol–water partition coefficient (Wildman–Crippen LogP) is 2.95. The summed E-state index contributed by atoms with van der Waals surface area (Å²) in [6.45, 7) is 5.78. The standard InChI is InChI=1S/C24H32ClN7O/c1-17(32-10-2-9-27-32)22-15-31(21(16-33-22)13-18-3-5-19(25)6-4-18)20-7-11-30(12-8-20)24-14-23(26)28-29-24/h2-6,9-10,17,20-22H,7-8,11-16H2,1H3,(H2,26,28)/t17-,21-,22+/m0/s1. The van der Waals surface area contributed by atoms with Crippen LogP contribution in [0, 0.1) is 0 Å². The Morgan fingerprint density at radius 1 is 1.18 bits per heavy atom. The number of morpholine rings is 1. The van der Waals surface area contributed by atoms with Gasteiger partial charge in [-0.05, 0) is 49.9 Å². The van der Waals surface area contributed by atoms with E-state index in [1.165, 1.54) is 5.56 Å². The molecule has 8 nitrogen and oxygen atoms in total. The third-order valence-corrected chi connectivity index (χ3v) is 7.41. The minimum absolute atomic E-state index is 0.108. The first-order valence-corrected chi connectivity index (χ1v) is 12.2. The number of aromatic nitrogens is 2. The van der Waals surface area contributed by atoms with Crippen LogP contribution in [0.25, 0.3) is 0 Å². The molecule has 9 heteroatoms. The number of hydrogen-bond acceptors (Lipinski definition) is 7. The molecule has 0 aliphatic carbocycles. The first-order chi connectivity index (χ1) is 16.1. The second-order valence-electron chi connectivity index (χ2n) is 9.28. The fourth-order valence-electron chi connectivity index (χ4n) is 5.22. The zero-order valence-corrected chi connectivity index (χ0v) is 19.8. The van der Waals surface area contributed by atoms with Crippen molar-refractivity contribution in [3.63, 3.8) is 0 Å². The van der Waals surface area contributed by atoms with Crippen molar-refractivity contribution in [2.75, 3.05) is 26.2 Å². The molecule has 0 unspecified atom stereocenters. The molecule has 2 aromatic rings. The van der Waals surface area contributed by atoms with Crippen LogP contribution in [0.3, 0.4) is 0 Å². The van der Waals surface area contributed by atoms with Crippen molar-refractivity contribution >= 4 is 23.3 Å². The van der Waals surface area contributed by atoms with Crippen LogP contribution >= 0.6 is 11.6 Å². The van der Waals surface area contributed by atoms with Gasteiger partial charge in [-0.15, -0.1) is 10.2 Å². The van der Waals surface area contributed by atoms with Crippen LogP contribution in [-0.4, -0.2) is 75.7 Å². The lowest BCUT2D eigenvalue weighted by atomic mass is 9.95. The molecule has 0 saturated carbocycles. The number of nitrogens with two attached hydrogens (primary N) is 1. The van der Waals surface area contributed by atoms with E-state index in [1.807, 2.05) is 35.3 Å². The smallest absolute Gasteiger partial charge is 0.135 e. The Morgan fingerprint density at radius 2 is 1.97 bits per heavy atom. The molecule has 0 spiro atoms. The van der Waals surface area contributed by atoms with E-state index in [1.54, 1.807) is 0 Å². The second kappa shape index (κ2) is 9.83. The van der Waals surface area contributed by atoms with Gasteiger partial charge in [0.05, 0.1) is 25.2 Å². The highest BCUT2D eigenvalue weighted by Gasteiger charge is 2.38. The summed E-state index contributed by atoms with van der Waals surface area (Å²) in [7, 11) is 0. The Kier molecular flexibility index (Phi) is 6.66. The lowest BCUT2D eigenvalue weighted by Gasteiger charge is -2.48. The van der Waals surface area contributed by atoms with Crippen LogP contribution in [0.1, 0.15) is 37.8 Å². The molecule has 0 bridgehead atoms. The molecule has 4 heterocycles. The van der Waals surface area contributed by atoms with Crippen LogP contribution in [0.4, 0.5) is 0 Å². The minimum Gasteiger partial charge on any atom is -0.385 e. The lowest BCUT2D eigenvalue weighted by Crippen LogP contribution is -2.58. The van der Waals surface area contributed by atoms with E-state index >= 15 is 0 Å². The molecule has 2 fully saturated rings. The van der Waals surface area contributed by atoms with Crippen molar-refractivity contribution in [1.82, 2.24) is 19.6 Å². The van der Waals surface area contributed by atoms with Crippen LogP contribution in [0.15, 0.2) is 52.9 Å². The molecule has 0 amide bonds. The molecule has 3 atom stereocenters. The zero-order valence-electron chi connectivity index (χ0n) is 19.1. The Balaban J connectivity index is 1.28. The molecule has 1 aromatic heterocycles. The summed E-state index contributed by atoms with van der Waals surface area (Å²) < 4.78 is 8.43. The first kappa shape index (κ1) is 22.4. The minimum atomic E-state index is 0.108. The third-order valence-electron chi connectivity index (χ3n) is 7.16. The van der Waals surface area contributed by atoms with Gasteiger partial charge in [-0.1, -0.05) is 23.7 Å². The molecule has 2 saturated heterocycles. The number of amidine groups is 2. The van der Waals surface area contributed by atoms with Crippen molar-refractivity contribution in [3.05, 3.63) is 53.3 Å². The van der Waals surface area contributed by atoms with Gasteiger partial charge < -0.3 is 15.4 Å². The number of halogens is 1. The highest BCUT2D eigenvalue weighted by Crippen LogP contribution is 2.29. The molecule has 3 aliphatic rings. The lowest BCUT2D eigenvalue weighted by molar-refractivity contribution is -0.102. The van der Waals surface area contributed by atoms with E-state index in [9.17, 15) is 0 Å². The summed E-state index contributed by atoms with van der Waals surface area (Å²) >= 11 is 6.11. The summed E-state index contributed by atoms with van der Waals surface area (Å²) in [4.78, 5) is 5.04. The fourth-order valence-corrected chi connectivity index (χ4v) is 5.35. The van der Waals surface area contributed by atoms with Gasteiger partial charge in [0.15, 0.2) is 0 Å². The van der Waals surface area contributed by atoms with E-state index in [0.29, 0.717) is 24.3 Å². The van der Waals surface area contributed by atoms with Crippen molar-refractivity contribution in [2.45, 2.75) is 56.8 Å². The summed E-state index contributed by atoms with van der Waals surface area (Å²) in [5, 5.41) is 13.5. The van der Waals surface area contributed by atoms with Crippen LogP contribution in [-0.2, 0) is 11.2 Å². The number of likely N-dealkylation sites (tertiary alicyclic amines) is 1. The summed E-state index contributed by atoms with van der Waals surface area (Å²) in [5.74, 6) is 1.62. The summed E-state index contributed by atoms with van der Waals surface area (Å²) in [5.41, 5.74) is 7.13.